The van der Waals surface area contributed by atoms with E-state index in [1.165, 1.54) is 6.42 Å². The lowest BCUT2D eigenvalue weighted by Crippen LogP contribution is -2.41. The number of halogens is 1. The maximum absolute atomic E-state index is 9.50. The molecule has 3 N–H and O–H groups in total. The molecule has 1 fully saturated rings. The number of nitrogens with two attached hydrogens (primary N) is 1. The Balaban J connectivity index is 0.000000810. The minimum atomic E-state index is -0.381. The van der Waals surface area contributed by atoms with Crippen molar-refractivity contribution in [1.29, 1.82) is 0 Å². The second-order valence-corrected chi connectivity index (χ2v) is 3.26. The van der Waals surface area contributed by atoms with Crippen LogP contribution in [0.25, 0.3) is 0 Å². The first-order chi connectivity index (χ1) is 4.12. The molecule has 1 saturated carbocycles. The van der Waals surface area contributed by atoms with Gasteiger partial charge in [0.25, 0.3) is 0 Å². The van der Waals surface area contributed by atoms with Crippen molar-refractivity contribution in [2.24, 2.45) is 5.73 Å². The van der Waals surface area contributed by atoms with Crippen molar-refractivity contribution in [1.82, 2.24) is 0 Å². The molecule has 0 aromatic rings. The summed E-state index contributed by atoms with van der Waals surface area (Å²) in [5.41, 5.74) is 5.15. The Morgan fingerprint density at radius 3 is 2.20 bits per heavy atom. The molecular weight excluding hydrogens is 150 g/mol. The Morgan fingerprint density at radius 1 is 1.60 bits per heavy atom. The van der Waals surface area contributed by atoms with Gasteiger partial charge in [0.15, 0.2) is 0 Å². The quantitative estimate of drug-likeness (QED) is 0.643. The normalized spacial score (nSPS) is 24.3. The zero-order valence-electron chi connectivity index (χ0n) is 6.34. The van der Waals surface area contributed by atoms with Gasteiger partial charge in [0.05, 0.1) is 5.60 Å². The minimum absolute atomic E-state index is 0. The van der Waals surface area contributed by atoms with Gasteiger partial charge in [0.2, 0.25) is 0 Å². The van der Waals surface area contributed by atoms with E-state index in [4.69, 9.17) is 5.73 Å². The van der Waals surface area contributed by atoms with Gasteiger partial charge in [-0.25, -0.2) is 0 Å². The third-order valence-corrected chi connectivity index (χ3v) is 1.99. The van der Waals surface area contributed by atoms with Crippen LogP contribution in [0.4, 0.5) is 0 Å². The monoisotopic (exact) mass is 165 g/mol. The van der Waals surface area contributed by atoms with Gasteiger partial charge in [-0.15, -0.1) is 12.4 Å². The van der Waals surface area contributed by atoms with Gasteiger partial charge in [-0.1, -0.05) is 0 Å². The van der Waals surface area contributed by atoms with E-state index in [1.54, 1.807) is 0 Å². The van der Waals surface area contributed by atoms with Crippen LogP contribution in [0, 0.1) is 0 Å². The molecule has 0 spiro atoms. The Bertz CT molecular complexity index is 102. The van der Waals surface area contributed by atoms with E-state index in [-0.39, 0.29) is 24.0 Å². The molecule has 62 valence electrons. The largest absolute Gasteiger partial charge is 0.390 e. The predicted molar refractivity (Wildman–Crippen MR) is 44.3 cm³/mol. The fraction of sp³-hybridized carbons (Fsp3) is 1.00. The third-order valence-electron chi connectivity index (χ3n) is 1.99. The second kappa shape index (κ2) is 3.56. The van der Waals surface area contributed by atoms with Gasteiger partial charge >= 0.3 is 0 Å². The standard InChI is InChI=1S/C7H15NO.ClH/c1-6(8)5-7(9)3-2-4-7;/h6,9H,2-5,8H2,1H3;1H. The van der Waals surface area contributed by atoms with Crippen LogP contribution in [0.1, 0.15) is 32.6 Å². The predicted octanol–water partition coefficient (Wildman–Crippen LogP) is 1.06. The summed E-state index contributed by atoms with van der Waals surface area (Å²) in [6.45, 7) is 1.94. The molecule has 0 aromatic heterocycles. The van der Waals surface area contributed by atoms with Crippen molar-refractivity contribution in [2.75, 3.05) is 0 Å². The van der Waals surface area contributed by atoms with Gasteiger partial charge in [-0.3, -0.25) is 0 Å². The lowest BCUT2D eigenvalue weighted by atomic mass is 9.76. The first-order valence-corrected chi connectivity index (χ1v) is 3.60. The maximum Gasteiger partial charge on any atom is 0.0662 e. The average molecular weight is 166 g/mol. The molecular formula is C7H16ClNO. The molecule has 0 saturated heterocycles. The molecule has 1 rings (SSSR count). The number of rotatable bonds is 2. The van der Waals surface area contributed by atoms with Crippen LogP contribution in [-0.2, 0) is 0 Å². The number of hydrogen-bond acceptors (Lipinski definition) is 2. The molecule has 0 bridgehead atoms. The first kappa shape index (κ1) is 10.2. The van der Waals surface area contributed by atoms with Gasteiger partial charge in [0, 0.05) is 6.04 Å². The molecule has 1 unspecified atom stereocenters. The van der Waals surface area contributed by atoms with E-state index in [2.05, 4.69) is 0 Å². The highest BCUT2D eigenvalue weighted by atomic mass is 35.5. The molecule has 1 aliphatic carbocycles. The van der Waals surface area contributed by atoms with Crippen LogP contribution in [0.15, 0.2) is 0 Å². The highest BCUT2D eigenvalue weighted by Crippen LogP contribution is 2.34. The zero-order valence-corrected chi connectivity index (χ0v) is 7.16. The molecule has 10 heavy (non-hydrogen) atoms. The maximum atomic E-state index is 9.50. The highest BCUT2D eigenvalue weighted by molar-refractivity contribution is 5.85. The van der Waals surface area contributed by atoms with Crippen molar-refractivity contribution in [2.45, 2.75) is 44.2 Å². The molecule has 0 aromatic carbocycles. The van der Waals surface area contributed by atoms with E-state index in [9.17, 15) is 5.11 Å². The lowest BCUT2D eigenvalue weighted by Gasteiger charge is -2.37. The molecule has 0 radical (unpaired) electrons. The van der Waals surface area contributed by atoms with Crippen molar-refractivity contribution in [3.8, 4) is 0 Å². The Labute approximate surface area is 68.2 Å². The summed E-state index contributed by atoms with van der Waals surface area (Å²) >= 11 is 0. The van der Waals surface area contributed by atoms with Crippen LogP contribution in [0.2, 0.25) is 0 Å². The lowest BCUT2D eigenvalue weighted by molar-refractivity contribution is -0.0438. The van der Waals surface area contributed by atoms with Gasteiger partial charge in [-0.05, 0) is 32.6 Å². The van der Waals surface area contributed by atoms with Crippen LogP contribution >= 0.6 is 12.4 Å². The first-order valence-electron chi connectivity index (χ1n) is 3.60. The molecule has 1 atom stereocenters. The summed E-state index contributed by atoms with van der Waals surface area (Å²) in [5.74, 6) is 0. The Kier molecular flexibility index (Phi) is 3.63. The molecule has 0 amide bonds. The second-order valence-electron chi connectivity index (χ2n) is 3.26. The third kappa shape index (κ3) is 2.45. The highest BCUT2D eigenvalue weighted by Gasteiger charge is 2.34. The van der Waals surface area contributed by atoms with E-state index in [0.717, 1.165) is 19.3 Å². The van der Waals surface area contributed by atoms with Crippen molar-refractivity contribution < 1.29 is 5.11 Å². The van der Waals surface area contributed by atoms with Crippen LogP contribution in [0.3, 0.4) is 0 Å². The fourth-order valence-electron chi connectivity index (χ4n) is 1.39. The van der Waals surface area contributed by atoms with Gasteiger partial charge in [0.1, 0.15) is 0 Å². The smallest absolute Gasteiger partial charge is 0.0662 e. The van der Waals surface area contributed by atoms with Crippen LogP contribution in [-0.4, -0.2) is 16.7 Å². The molecule has 0 heterocycles. The Morgan fingerprint density at radius 2 is 2.10 bits per heavy atom. The topological polar surface area (TPSA) is 46.2 Å². The number of aliphatic hydroxyl groups is 1. The summed E-state index contributed by atoms with van der Waals surface area (Å²) in [7, 11) is 0. The van der Waals surface area contributed by atoms with E-state index in [1.807, 2.05) is 6.92 Å². The Hall–Kier alpha value is 0.210. The zero-order chi connectivity index (χ0) is 6.91. The SMILES string of the molecule is CC(N)CC1(O)CCC1.Cl. The fourth-order valence-corrected chi connectivity index (χ4v) is 1.39. The molecule has 0 aliphatic heterocycles. The van der Waals surface area contributed by atoms with E-state index >= 15 is 0 Å². The summed E-state index contributed by atoms with van der Waals surface area (Å²) in [4.78, 5) is 0. The van der Waals surface area contributed by atoms with Crippen molar-refractivity contribution in [3.63, 3.8) is 0 Å². The molecule has 3 heteroatoms. The number of hydrogen-bond donors (Lipinski definition) is 2. The molecule has 1 aliphatic rings. The van der Waals surface area contributed by atoms with Gasteiger partial charge in [-0.2, -0.15) is 0 Å². The summed E-state index contributed by atoms with van der Waals surface area (Å²) < 4.78 is 0. The van der Waals surface area contributed by atoms with Crippen LogP contribution < -0.4 is 5.73 Å². The summed E-state index contributed by atoms with van der Waals surface area (Å²) in [5, 5.41) is 9.50. The summed E-state index contributed by atoms with van der Waals surface area (Å²) in [6.07, 6.45) is 3.85. The van der Waals surface area contributed by atoms with Crippen molar-refractivity contribution >= 4 is 12.4 Å². The molecule has 2 nitrogen and oxygen atoms in total. The van der Waals surface area contributed by atoms with Crippen molar-refractivity contribution in [3.05, 3.63) is 0 Å². The average Bonchev–Trinajstić information content (AvgIpc) is 1.60. The van der Waals surface area contributed by atoms with Crippen LogP contribution in [0.5, 0.6) is 0 Å². The van der Waals surface area contributed by atoms with E-state index in [0.29, 0.717) is 0 Å². The summed E-state index contributed by atoms with van der Waals surface area (Å²) in [6, 6.07) is 0.148. The van der Waals surface area contributed by atoms with E-state index < -0.39 is 0 Å². The van der Waals surface area contributed by atoms with Gasteiger partial charge < -0.3 is 10.8 Å². The minimum Gasteiger partial charge on any atom is -0.390 e.